The number of anilines is 1. The molecule has 0 radical (unpaired) electrons. The molecule has 8 heteroatoms. The van der Waals surface area contributed by atoms with Crippen LogP contribution >= 0.6 is 23.4 Å². The van der Waals surface area contributed by atoms with E-state index in [2.05, 4.69) is 20.8 Å². The lowest BCUT2D eigenvalue weighted by Gasteiger charge is -2.13. The van der Waals surface area contributed by atoms with Gasteiger partial charge in [0, 0.05) is 21.2 Å². The summed E-state index contributed by atoms with van der Waals surface area (Å²) in [5.74, 6) is 0.672. The molecule has 1 fully saturated rings. The summed E-state index contributed by atoms with van der Waals surface area (Å²) in [6, 6.07) is 15.5. The first-order valence-corrected chi connectivity index (χ1v) is 9.97. The van der Waals surface area contributed by atoms with Crippen molar-refractivity contribution >= 4 is 35.0 Å². The second-order valence-corrected chi connectivity index (χ2v) is 8.31. The van der Waals surface area contributed by atoms with Crippen LogP contribution in [0.25, 0.3) is 11.4 Å². The number of aromatic nitrogens is 4. The molecule has 0 bridgehead atoms. The van der Waals surface area contributed by atoms with Crippen LogP contribution in [0.4, 0.5) is 5.69 Å². The lowest BCUT2D eigenvalue weighted by Crippen LogP contribution is -2.22. The number of carbonyl (C=O) groups is 1. The van der Waals surface area contributed by atoms with Gasteiger partial charge in [0.05, 0.1) is 11.3 Å². The van der Waals surface area contributed by atoms with Gasteiger partial charge in [0.1, 0.15) is 0 Å². The number of hydrogen-bond donors (Lipinski definition) is 1. The molecule has 1 aromatic heterocycles. The summed E-state index contributed by atoms with van der Waals surface area (Å²) < 4.78 is 1.86. The number of hydrogen-bond acceptors (Lipinski definition) is 5. The predicted octanol–water partition coefficient (Wildman–Crippen LogP) is 4.45. The molecule has 6 nitrogen and oxygen atoms in total. The molecule has 0 aliphatic heterocycles. The molecule has 0 saturated heterocycles. The second-order valence-electron chi connectivity index (χ2n) is 6.46. The van der Waals surface area contributed by atoms with Gasteiger partial charge in [-0.25, -0.2) is 4.68 Å². The molecule has 2 aromatic carbocycles. The zero-order valence-electron chi connectivity index (χ0n) is 14.7. The van der Waals surface area contributed by atoms with Gasteiger partial charge < -0.3 is 5.32 Å². The quantitative estimate of drug-likeness (QED) is 0.620. The molecule has 4 rings (SSSR count). The van der Waals surface area contributed by atoms with Crippen LogP contribution in [0.5, 0.6) is 0 Å². The topological polar surface area (TPSA) is 72.7 Å². The van der Waals surface area contributed by atoms with E-state index >= 15 is 0 Å². The number of nitrogens with zero attached hydrogens (tertiary/aromatic N) is 4. The largest absolute Gasteiger partial charge is 0.325 e. The number of thioether (sulfide) groups is 1. The fourth-order valence-corrected chi connectivity index (χ4v) is 3.69. The van der Waals surface area contributed by atoms with E-state index in [0.717, 1.165) is 34.8 Å². The third kappa shape index (κ3) is 4.31. The van der Waals surface area contributed by atoms with Crippen molar-refractivity contribution in [2.45, 2.75) is 36.0 Å². The Balaban J connectivity index is 1.45. The Labute approximate surface area is 166 Å². The van der Waals surface area contributed by atoms with Crippen molar-refractivity contribution in [2.75, 3.05) is 5.32 Å². The molecule has 1 atom stereocenters. The van der Waals surface area contributed by atoms with Crippen molar-refractivity contribution < 1.29 is 4.79 Å². The molecule has 1 amide bonds. The van der Waals surface area contributed by atoms with Crippen LogP contribution in [0.1, 0.15) is 25.8 Å². The van der Waals surface area contributed by atoms with Crippen molar-refractivity contribution in [3.63, 3.8) is 0 Å². The molecule has 1 heterocycles. The maximum absolute atomic E-state index is 12.6. The Morgan fingerprint density at radius 1 is 1.26 bits per heavy atom. The van der Waals surface area contributed by atoms with Crippen molar-refractivity contribution in [1.29, 1.82) is 0 Å². The molecule has 1 unspecified atom stereocenters. The summed E-state index contributed by atoms with van der Waals surface area (Å²) in [6.45, 7) is 1.88. The number of amides is 1. The van der Waals surface area contributed by atoms with Gasteiger partial charge in [-0.1, -0.05) is 23.7 Å². The molecule has 1 aliphatic carbocycles. The van der Waals surface area contributed by atoms with E-state index in [4.69, 9.17) is 11.6 Å². The first kappa shape index (κ1) is 18.0. The molecule has 27 heavy (non-hydrogen) atoms. The molecule has 0 spiro atoms. The summed E-state index contributed by atoms with van der Waals surface area (Å²) in [7, 11) is 0. The zero-order chi connectivity index (χ0) is 18.8. The number of nitrogens with one attached hydrogen (secondary N) is 1. The smallest absolute Gasteiger partial charge is 0.237 e. The summed E-state index contributed by atoms with van der Waals surface area (Å²) in [5, 5.41) is 15.4. The van der Waals surface area contributed by atoms with Crippen LogP contribution in [0.2, 0.25) is 5.02 Å². The minimum absolute atomic E-state index is 0.0612. The third-order valence-electron chi connectivity index (χ3n) is 4.27. The van der Waals surface area contributed by atoms with E-state index in [9.17, 15) is 4.79 Å². The predicted molar refractivity (Wildman–Crippen MR) is 107 cm³/mol. The third-order valence-corrected chi connectivity index (χ3v) is 5.63. The summed E-state index contributed by atoms with van der Waals surface area (Å²) in [6.07, 6.45) is 2.21. The van der Waals surface area contributed by atoms with Crippen LogP contribution in [0.15, 0.2) is 53.4 Å². The lowest BCUT2D eigenvalue weighted by atomic mass is 10.2. The summed E-state index contributed by atoms with van der Waals surface area (Å²) >= 11 is 7.39. The van der Waals surface area contributed by atoms with Crippen LogP contribution < -0.4 is 5.32 Å². The van der Waals surface area contributed by atoms with Gasteiger partial charge in [0.15, 0.2) is 5.82 Å². The Bertz CT molecular complexity index is 955. The second kappa shape index (κ2) is 7.70. The minimum Gasteiger partial charge on any atom is -0.325 e. The van der Waals surface area contributed by atoms with Gasteiger partial charge in [-0.3, -0.25) is 4.79 Å². The van der Waals surface area contributed by atoms with E-state index in [1.807, 2.05) is 60.1 Å². The molecule has 3 aromatic rings. The number of halogens is 1. The summed E-state index contributed by atoms with van der Waals surface area (Å²) in [5.41, 5.74) is 1.62. The Morgan fingerprint density at radius 2 is 2.04 bits per heavy atom. The fourth-order valence-electron chi connectivity index (χ4n) is 2.70. The maximum Gasteiger partial charge on any atom is 0.237 e. The van der Waals surface area contributed by atoms with Crippen molar-refractivity contribution in [1.82, 2.24) is 20.2 Å². The highest BCUT2D eigenvalue weighted by Crippen LogP contribution is 2.36. The molecular formula is C19H18ClN5OS. The fraction of sp³-hybridized carbons (Fsp3) is 0.263. The first-order valence-electron chi connectivity index (χ1n) is 8.71. The van der Waals surface area contributed by atoms with Crippen molar-refractivity contribution in [3.05, 3.63) is 53.6 Å². The van der Waals surface area contributed by atoms with Crippen LogP contribution in [0.3, 0.4) is 0 Å². The lowest BCUT2D eigenvalue weighted by molar-refractivity contribution is -0.115. The van der Waals surface area contributed by atoms with E-state index in [1.54, 1.807) is 0 Å². The standard InChI is InChI=1S/C19H18ClN5OS/c1-12(27-17-9-5-14(20)6-10-17)19(26)21-15-4-2-3-13(11-15)18-22-23-24-25(18)16-7-8-16/h2-6,9-12,16H,7-8H2,1H3,(H,21,26). The molecular weight excluding hydrogens is 382 g/mol. The molecule has 1 saturated carbocycles. The van der Waals surface area contributed by atoms with Gasteiger partial charge in [-0.05, 0) is 66.6 Å². The highest BCUT2D eigenvalue weighted by molar-refractivity contribution is 8.00. The Morgan fingerprint density at radius 3 is 2.78 bits per heavy atom. The normalized spacial score (nSPS) is 14.7. The number of tetrazole rings is 1. The van der Waals surface area contributed by atoms with E-state index in [-0.39, 0.29) is 11.2 Å². The van der Waals surface area contributed by atoms with E-state index in [0.29, 0.717) is 11.1 Å². The van der Waals surface area contributed by atoms with E-state index in [1.165, 1.54) is 11.8 Å². The number of benzene rings is 2. The number of rotatable bonds is 6. The van der Waals surface area contributed by atoms with Gasteiger partial charge in [0.25, 0.3) is 0 Å². The van der Waals surface area contributed by atoms with Crippen molar-refractivity contribution in [2.24, 2.45) is 0 Å². The Hall–Kier alpha value is -2.38. The Kier molecular flexibility index (Phi) is 5.13. The first-order chi connectivity index (χ1) is 13.1. The van der Waals surface area contributed by atoms with Crippen LogP contribution in [0, 0.1) is 0 Å². The molecule has 1 N–H and O–H groups in total. The van der Waals surface area contributed by atoms with Gasteiger partial charge >= 0.3 is 0 Å². The van der Waals surface area contributed by atoms with Crippen LogP contribution in [-0.2, 0) is 4.79 Å². The number of carbonyl (C=O) groups excluding carboxylic acids is 1. The maximum atomic E-state index is 12.6. The minimum atomic E-state index is -0.244. The summed E-state index contributed by atoms with van der Waals surface area (Å²) in [4.78, 5) is 13.6. The van der Waals surface area contributed by atoms with E-state index < -0.39 is 0 Å². The van der Waals surface area contributed by atoms with Crippen LogP contribution in [-0.4, -0.2) is 31.4 Å². The van der Waals surface area contributed by atoms with Gasteiger partial charge in [-0.2, -0.15) is 0 Å². The molecule has 1 aliphatic rings. The average Bonchev–Trinajstić information content (AvgIpc) is 3.40. The van der Waals surface area contributed by atoms with Gasteiger partial charge in [0.2, 0.25) is 5.91 Å². The highest BCUT2D eigenvalue weighted by atomic mass is 35.5. The average molecular weight is 400 g/mol. The van der Waals surface area contributed by atoms with Gasteiger partial charge in [-0.15, -0.1) is 16.9 Å². The van der Waals surface area contributed by atoms with Crippen molar-refractivity contribution in [3.8, 4) is 11.4 Å². The zero-order valence-corrected chi connectivity index (χ0v) is 16.2. The monoisotopic (exact) mass is 399 g/mol. The SMILES string of the molecule is CC(Sc1ccc(Cl)cc1)C(=O)Nc1cccc(-c2nnnn2C2CC2)c1. The highest BCUT2D eigenvalue weighted by Gasteiger charge is 2.28. The molecule has 138 valence electrons.